The summed E-state index contributed by atoms with van der Waals surface area (Å²) < 4.78 is 16.6. The van der Waals surface area contributed by atoms with Crippen molar-refractivity contribution in [2.45, 2.75) is 25.0 Å². The first kappa shape index (κ1) is 12.3. The van der Waals surface area contributed by atoms with Crippen molar-refractivity contribution in [3.8, 4) is 11.5 Å². The molecule has 1 aliphatic heterocycles. The van der Waals surface area contributed by atoms with Gasteiger partial charge in [0.2, 0.25) is 5.91 Å². The molecule has 1 saturated heterocycles. The van der Waals surface area contributed by atoms with Gasteiger partial charge in [0.05, 0.1) is 20.3 Å². The van der Waals surface area contributed by atoms with E-state index in [0.29, 0.717) is 0 Å². The number of benzene rings is 1. The van der Waals surface area contributed by atoms with Crippen molar-refractivity contribution in [2.75, 3.05) is 20.8 Å². The third-order valence-electron chi connectivity index (χ3n) is 3.81. The van der Waals surface area contributed by atoms with Crippen molar-refractivity contribution in [3.05, 3.63) is 23.3 Å². The van der Waals surface area contributed by atoms with Crippen molar-refractivity contribution in [2.24, 2.45) is 0 Å². The Bertz CT molecular complexity index is 514. The van der Waals surface area contributed by atoms with E-state index in [2.05, 4.69) is 5.32 Å². The zero-order chi connectivity index (χ0) is 13.4. The zero-order valence-electron chi connectivity index (χ0n) is 11.1. The topological polar surface area (TPSA) is 56.8 Å². The molecule has 1 fully saturated rings. The van der Waals surface area contributed by atoms with Gasteiger partial charge in [0, 0.05) is 11.1 Å². The van der Waals surface area contributed by atoms with E-state index in [9.17, 15) is 4.79 Å². The Labute approximate surface area is 111 Å². The van der Waals surface area contributed by atoms with Gasteiger partial charge in [0.25, 0.3) is 0 Å². The molecule has 1 aromatic carbocycles. The monoisotopic (exact) mass is 263 g/mol. The van der Waals surface area contributed by atoms with Gasteiger partial charge in [-0.1, -0.05) is 0 Å². The van der Waals surface area contributed by atoms with Gasteiger partial charge in [-0.3, -0.25) is 4.79 Å². The van der Waals surface area contributed by atoms with Crippen LogP contribution < -0.4 is 14.8 Å². The fraction of sp³-hybridized carbons (Fsp3) is 0.500. The lowest BCUT2D eigenvalue weighted by Crippen LogP contribution is -2.49. The molecule has 0 spiro atoms. The van der Waals surface area contributed by atoms with E-state index in [1.165, 1.54) is 0 Å². The van der Waals surface area contributed by atoms with Crippen LogP contribution >= 0.6 is 0 Å². The van der Waals surface area contributed by atoms with Crippen LogP contribution in [0.25, 0.3) is 0 Å². The lowest BCUT2D eigenvalue weighted by Gasteiger charge is -2.38. The fourth-order valence-corrected chi connectivity index (χ4v) is 2.98. The Morgan fingerprint density at radius 2 is 2.00 bits per heavy atom. The van der Waals surface area contributed by atoms with Crippen LogP contribution in [-0.4, -0.2) is 32.8 Å². The molecule has 2 atom stereocenters. The molecule has 19 heavy (non-hydrogen) atoms. The first-order chi connectivity index (χ1) is 9.24. The van der Waals surface area contributed by atoms with E-state index in [-0.39, 0.29) is 24.7 Å². The lowest BCUT2D eigenvalue weighted by molar-refractivity contribution is -0.138. The number of ether oxygens (including phenoxy) is 3. The SMILES string of the molecule is COc1ccc(OC)c2c1CCC1NC(=O)COC21. The van der Waals surface area contributed by atoms with E-state index in [0.717, 1.165) is 35.5 Å². The lowest BCUT2D eigenvalue weighted by atomic mass is 9.83. The quantitative estimate of drug-likeness (QED) is 0.871. The second-order valence-corrected chi connectivity index (χ2v) is 4.81. The molecule has 1 N–H and O–H groups in total. The number of fused-ring (bicyclic) bond motifs is 3. The van der Waals surface area contributed by atoms with E-state index in [1.54, 1.807) is 14.2 Å². The predicted molar refractivity (Wildman–Crippen MR) is 68.5 cm³/mol. The molecule has 0 saturated carbocycles. The normalized spacial score (nSPS) is 25.1. The molecule has 5 nitrogen and oxygen atoms in total. The number of nitrogens with one attached hydrogen (secondary N) is 1. The van der Waals surface area contributed by atoms with E-state index in [1.807, 2.05) is 12.1 Å². The third-order valence-corrected chi connectivity index (χ3v) is 3.81. The number of hydrogen-bond acceptors (Lipinski definition) is 4. The number of morpholine rings is 1. The highest BCUT2D eigenvalue weighted by Gasteiger charge is 2.38. The average Bonchev–Trinajstić information content (AvgIpc) is 2.45. The van der Waals surface area contributed by atoms with Crippen molar-refractivity contribution in [1.82, 2.24) is 5.32 Å². The largest absolute Gasteiger partial charge is 0.496 e. The molecule has 0 aromatic heterocycles. The highest BCUT2D eigenvalue weighted by molar-refractivity contribution is 5.78. The van der Waals surface area contributed by atoms with Crippen LogP contribution in [0.5, 0.6) is 11.5 Å². The molecule has 3 rings (SSSR count). The van der Waals surface area contributed by atoms with Gasteiger partial charge >= 0.3 is 0 Å². The van der Waals surface area contributed by atoms with Crippen LogP contribution in [0.1, 0.15) is 23.7 Å². The summed E-state index contributed by atoms with van der Waals surface area (Å²) in [6.07, 6.45) is 1.56. The van der Waals surface area contributed by atoms with Gasteiger partial charge in [-0.05, 0) is 25.0 Å². The van der Waals surface area contributed by atoms with E-state index in [4.69, 9.17) is 14.2 Å². The van der Waals surface area contributed by atoms with E-state index >= 15 is 0 Å². The van der Waals surface area contributed by atoms with Crippen molar-refractivity contribution in [3.63, 3.8) is 0 Å². The van der Waals surface area contributed by atoms with Crippen LogP contribution in [0.4, 0.5) is 0 Å². The van der Waals surface area contributed by atoms with Crippen LogP contribution in [0, 0.1) is 0 Å². The Morgan fingerprint density at radius 1 is 1.26 bits per heavy atom. The summed E-state index contributed by atoms with van der Waals surface area (Å²) in [6.45, 7) is 0.0982. The third kappa shape index (κ3) is 1.94. The Kier molecular flexibility index (Phi) is 3.06. The number of carbonyl (C=O) groups is 1. The maximum Gasteiger partial charge on any atom is 0.246 e. The number of amides is 1. The Morgan fingerprint density at radius 3 is 2.74 bits per heavy atom. The zero-order valence-corrected chi connectivity index (χ0v) is 11.1. The molecule has 5 heteroatoms. The molecule has 1 aliphatic carbocycles. The summed E-state index contributed by atoms with van der Waals surface area (Å²) in [6, 6.07) is 3.83. The number of methoxy groups -OCH3 is 2. The van der Waals surface area contributed by atoms with Gasteiger partial charge in [-0.2, -0.15) is 0 Å². The molecule has 2 unspecified atom stereocenters. The second kappa shape index (κ2) is 4.74. The predicted octanol–water partition coefficient (Wildman–Crippen LogP) is 1.21. The molecule has 0 bridgehead atoms. The highest BCUT2D eigenvalue weighted by atomic mass is 16.5. The first-order valence-electron chi connectivity index (χ1n) is 6.39. The van der Waals surface area contributed by atoms with Gasteiger partial charge < -0.3 is 19.5 Å². The summed E-state index contributed by atoms with van der Waals surface area (Å²) in [7, 11) is 3.31. The molecule has 1 amide bonds. The average molecular weight is 263 g/mol. The summed E-state index contributed by atoms with van der Waals surface area (Å²) in [5.74, 6) is 1.60. The first-order valence-corrected chi connectivity index (χ1v) is 6.39. The van der Waals surface area contributed by atoms with Crippen molar-refractivity contribution in [1.29, 1.82) is 0 Å². The molecule has 102 valence electrons. The van der Waals surface area contributed by atoms with Gasteiger partial charge in [0.1, 0.15) is 24.2 Å². The summed E-state index contributed by atoms with van der Waals surface area (Å²) in [5.41, 5.74) is 2.14. The fourth-order valence-electron chi connectivity index (χ4n) is 2.98. The molecule has 1 heterocycles. The maximum atomic E-state index is 11.4. The summed E-state index contributed by atoms with van der Waals surface area (Å²) >= 11 is 0. The smallest absolute Gasteiger partial charge is 0.246 e. The van der Waals surface area contributed by atoms with Crippen molar-refractivity contribution < 1.29 is 19.0 Å². The number of carbonyl (C=O) groups excluding carboxylic acids is 1. The number of rotatable bonds is 2. The molecule has 1 aromatic rings. The van der Waals surface area contributed by atoms with Gasteiger partial charge in [-0.15, -0.1) is 0 Å². The minimum absolute atomic E-state index is 0.0229. The van der Waals surface area contributed by atoms with Crippen LogP contribution in [-0.2, 0) is 16.0 Å². The highest BCUT2D eigenvalue weighted by Crippen LogP contribution is 2.43. The maximum absolute atomic E-state index is 11.4. The minimum Gasteiger partial charge on any atom is -0.496 e. The van der Waals surface area contributed by atoms with Crippen LogP contribution in [0.15, 0.2) is 12.1 Å². The van der Waals surface area contributed by atoms with Crippen LogP contribution in [0.2, 0.25) is 0 Å². The van der Waals surface area contributed by atoms with Gasteiger partial charge in [0.15, 0.2) is 0 Å². The number of hydrogen-bond donors (Lipinski definition) is 1. The van der Waals surface area contributed by atoms with Crippen molar-refractivity contribution >= 4 is 5.91 Å². The van der Waals surface area contributed by atoms with E-state index < -0.39 is 0 Å². The Hall–Kier alpha value is -1.75. The molecule has 0 radical (unpaired) electrons. The summed E-state index contributed by atoms with van der Waals surface area (Å²) in [4.78, 5) is 11.4. The van der Waals surface area contributed by atoms with Crippen LogP contribution in [0.3, 0.4) is 0 Å². The van der Waals surface area contributed by atoms with Gasteiger partial charge in [-0.25, -0.2) is 0 Å². The summed E-state index contributed by atoms with van der Waals surface area (Å²) in [5, 5.41) is 2.99. The minimum atomic E-state index is -0.147. The molecular weight excluding hydrogens is 246 g/mol. The second-order valence-electron chi connectivity index (χ2n) is 4.81. The molecular formula is C14H17NO4. The Balaban J connectivity index is 2.07. The molecule has 2 aliphatic rings. The standard InChI is InChI=1S/C14H17NO4/c1-17-10-5-6-11(18-2)13-8(10)3-4-9-14(13)19-7-12(16)15-9/h5-6,9,14H,3-4,7H2,1-2H3,(H,15,16).